The smallest absolute Gasteiger partial charge is 0.0695 e. The highest BCUT2D eigenvalue weighted by Gasteiger charge is 2.02. The van der Waals surface area contributed by atoms with E-state index < -0.39 is 6.10 Å². The van der Waals surface area contributed by atoms with Crippen LogP contribution in [0.15, 0.2) is 0 Å². The van der Waals surface area contributed by atoms with Gasteiger partial charge < -0.3 is 15.9 Å². The van der Waals surface area contributed by atoms with E-state index in [9.17, 15) is 0 Å². The molecule has 4 N–H and O–H groups in total. The molecule has 1 radical (unpaired) electrons. The first-order valence-corrected chi connectivity index (χ1v) is 3.06. The molecule has 0 aliphatic heterocycles. The van der Waals surface area contributed by atoms with E-state index in [4.69, 9.17) is 15.9 Å². The van der Waals surface area contributed by atoms with Gasteiger partial charge in [-0.05, 0) is 19.8 Å². The maximum absolute atomic E-state index is 8.82. The van der Waals surface area contributed by atoms with Crippen LogP contribution in [0.25, 0.3) is 0 Å². The van der Waals surface area contributed by atoms with E-state index in [0.29, 0.717) is 6.42 Å². The first-order chi connectivity index (χ1) is 4.16. The van der Waals surface area contributed by atoms with E-state index in [-0.39, 0.29) is 12.6 Å². The highest BCUT2D eigenvalue weighted by molar-refractivity contribution is 4.77. The zero-order valence-corrected chi connectivity index (χ0v) is 5.62. The van der Waals surface area contributed by atoms with Crippen LogP contribution in [0.3, 0.4) is 0 Å². The first-order valence-electron chi connectivity index (χ1n) is 3.06. The summed E-state index contributed by atoms with van der Waals surface area (Å²) in [6.07, 6.45) is 1.15. The molecule has 0 aliphatic carbocycles. The molecule has 2 atom stereocenters. The third-order valence-corrected chi connectivity index (χ3v) is 0.991. The van der Waals surface area contributed by atoms with Crippen molar-refractivity contribution in [3.63, 3.8) is 0 Å². The number of aliphatic hydroxyl groups excluding tert-OH is 2. The number of aliphatic hydroxyl groups is 2. The van der Waals surface area contributed by atoms with Gasteiger partial charge in [0.2, 0.25) is 0 Å². The molecule has 0 spiro atoms. The molecule has 3 nitrogen and oxygen atoms in total. The molecule has 2 unspecified atom stereocenters. The third kappa shape index (κ3) is 5.76. The lowest BCUT2D eigenvalue weighted by Gasteiger charge is -2.07. The van der Waals surface area contributed by atoms with Gasteiger partial charge in [-0.2, -0.15) is 0 Å². The monoisotopic (exact) mass is 132 g/mol. The molecule has 55 valence electrons. The van der Waals surface area contributed by atoms with Gasteiger partial charge >= 0.3 is 0 Å². The molecule has 0 aromatic heterocycles. The molecular formula is C6H14NO2. The zero-order chi connectivity index (χ0) is 7.28. The SMILES string of the molecule is CC(O)C[CH]C(O)CN. The molecule has 0 amide bonds. The van der Waals surface area contributed by atoms with E-state index in [1.807, 2.05) is 0 Å². The summed E-state index contributed by atoms with van der Waals surface area (Å²) in [5.41, 5.74) is 5.10. The Bertz CT molecular complexity index is 66.1. The number of nitrogens with two attached hydrogens (primary N) is 1. The van der Waals surface area contributed by atoms with Crippen LogP contribution in [0.4, 0.5) is 0 Å². The molecule has 9 heavy (non-hydrogen) atoms. The summed E-state index contributed by atoms with van der Waals surface area (Å²) in [5.74, 6) is 0. The Balaban J connectivity index is 3.06. The normalized spacial score (nSPS) is 17.3. The summed E-state index contributed by atoms with van der Waals surface area (Å²) in [6.45, 7) is 1.90. The number of hydrogen-bond donors (Lipinski definition) is 3. The van der Waals surface area contributed by atoms with E-state index in [1.165, 1.54) is 0 Å². The third-order valence-electron chi connectivity index (χ3n) is 0.991. The zero-order valence-electron chi connectivity index (χ0n) is 5.62. The molecule has 0 heterocycles. The predicted molar refractivity (Wildman–Crippen MR) is 35.7 cm³/mol. The average molecular weight is 132 g/mol. The predicted octanol–water partition coefficient (Wildman–Crippen LogP) is -0.719. The van der Waals surface area contributed by atoms with Crippen LogP contribution in [-0.2, 0) is 0 Å². The Labute approximate surface area is 55.5 Å². The van der Waals surface area contributed by atoms with Crippen LogP contribution in [0.5, 0.6) is 0 Å². The van der Waals surface area contributed by atoms with Gasteiger partial charge in [0.25, 0.3) is 0 Å². The van der Waals surface area contributed by atoms with Gasteiger partial charge in [0.15, 0.2) is 0 Å². The van der Waals surface area contributed by atoms with Crippen molar-refractivity contribution in [3.05, 3.63) is 6.42 Å². The minimum absolute atomic E-state index is 0.229. The minimum Gasteiger partial charge on any atom is -0.393 e. The molecule has 0 saturated carbocycles. The number of rotatable bonds is 4. The van der Waals surface area contributed by atoms with E-state index in [2.05, 4.69) is 0 Å². The summed E-state index contributed by atoms with van der Waals surface area (Å²) < 4.78 is 0. The minimum atomic E-state index is -0.570. The summed E-state index contributed by atoms with van der Waals surface area (Å²) in [6, 6.07) is 0. The van der Waals surface area contributed by atoms with Crippen LogP contribution < -0.4 is 5.73 Å². The average Bonchev–Trinajstić information content (AvgIpc) is 1.83. The summed E-state index contributed by atoms with van der Waals surface area (Å²) in [4.78, 5) is 0. The van der Waals surface area contributed by atoms with Crippen LogP contribution in [0.1, 0.15) is 13.3 Å². The molecule has 0 aromatic carbocycles. The quantitative estimate of drug-likeness (QED) is 0.473. The largest absolute Gasteiger partial charge is 0.393 e. The standard InChI is InChI=1S/C6H14NO2/c1-5(8)2-3-6(9)4-7/h3,5-6,8-9H,2,4,7H2,1H3. The van der Waals surface area contributed by atoms with Gasteiger partial charge in [0.1, 0.15) is 0 Å². The molecule has 0 bridgehead atoms. The Morgan fingerprint density at radius 3 is 2.44 bits per heavy atom. The fraction of sp³-hybridized carbons (Fsp3) is 0.833. The molecule has 0 aliphatic rings. The van der Waals surface area contributed by atoms with Crippen molar-refractivity contribution in [1.82, 2.24) is 0 Å². The van der Waals surface area contributed by atoms with Gasteiger partial charge in [-0.1, -0.05) is 0 Å². The molecular weight excluding hydrogens is 118 g/mol. The summed E-state index contributed by atoms with van der Waals surface area (Å²) in [5, 5.41) is 17.5. The maximum Gasteiger partial charge on any atom is 0.0695 e. The Hall–Kier alpha value is -0.120. The van der Waals surface area contributed by atoms with Crippen molar-refractivity contribution in [3.8, 4) is 0 Å². The fourth-order valence-corrected chi connectivity index (χ4v) is 0.450. The lowest BCUT2D eigenvalue weighted by atomic mass is 10.1. The van der Waals surface area contributed by atoms with Crippen molar-refractivity contribution >= 4 is 0 Å². The van der Waals surface area contributed by atoms with Crippen LogP contribution in [0.2, 0.25) is 0 Å². The molecule has 0 aromatic rings. The summed E-state index contributed by atoms with van der Waals surface area (Å²) >= 11 is 0. The second-order valence-electron chi connectivity index (χ2n) is 2.12. The van der Waals surface area contributed by atoms with Gasteiger partial charge in [0.05, 0.1) is 12.2 Å². The second kappa shape index (κ2) is 4.73. The molecule has 0 rings (SSSR count). The van der Waals surface area contributed by atoms with E-state index in [0.717, 1.165) is 0 Å². The van der Waals surface area contributed by atoms with Crippen molar-refractivity contribution in [1.29, 1.82) is 0 Å². The van der Waals surface area contributed by atoms with Gasteiger partial charge in [0, 0.05) is 6.54 Å². The highest BCUT2D eigenvalue weighted by Crippen LogP contribution is 1.97. The summed E-state index contributed by atoms with van der Waals surface area (Å²) in [7, 11) is 0. The van der Waals surface area contributed by atoms with Crippen molar-refractivity contribution in [2.75, 3.05) is 6.54 Å². The Morgan fingerprint density at radius 2 is 2.11 bits per heavy atom. The van der Waals surface area contributed by atoms with Gasteiger partial charge in [-0.3, -0.25) is 0 Å². The second-order valence-corrected chi connectivity index (χ2v) is 2.12. The van der Waals surface area contributed by atoms with Crippen molar-refractivity contribution < 1.29 is 10.2 Å². The van der Waals surface area contributed by atoms with Crippen LogP contribution in [-0.4, -0.2) is 29.0 Å². The van der Waals surface area contributed by atoms with Crippen molar-refractivity contribution in [2.45, 2.75) is 25.6 Å². The van der Waals surface area contributed by atoms with Gasteiger partial charge in [-0.15, -0.1) is 0 Å². The molecule has 0 saturated heterocycles. The highest BCUT2D eigenvalue weighted by atomic mass is 16.3. The molecule has 0 fully saturated rings. The first kappa shape index (κ1) is 8.88. The van der Waals surface area contributed by atoms with Crippen molar-refractivity contribution in [2.24, 2.45) is 5.73 Å². The van der Waals surface area contributed by atoms with E-state index in [1.54, 1.807) is 13.3 Å². The van der Waals surface area contributed by atoms with E-state index >= 15 is 0 Å². The van der Waals surface area contributed by atoms with Gasteiger partial charge in [-0.25, -0.2) is 0 Å². The van der Waals surface area contributed by atoms with Crippen LogP contribution in [0, 0.1) is 6.42 Å². The number of hydrogen-bond acceptors (Lipinski definition) is 3. The topological polar surface area (TPSA) is 66.5 Å². The fourth-order valence-electron chi connectivity index (χ4n) is 0.450. The lowest BCUT2D eigenvalue weighted by Crippen LogP contribution is -2.21. The maximum atomic E-state index is 8.82. The lowest BCUT2D eigenvalue weighted by molar-refractivity contribution is 0.164. The van der Waals surface area contributed by atoms with Crippen LogP contribution >= 0.6 is 0 Å². The Kier molecular flexibility index (Phi) is 4.67. The Morgan fingerprint density at radius 1 is 1.56 bits per heavy atom. The molecule has 3 heteroatoms.